The summed E-state index contributed by atoms with van der Waals surface area (Å²) in [6, 6.07) is 12.8. The number of benzene rings is 2. The van der Waals surface area contributed by atoms with Crippen molar-refractivity contribution in [3.8, 4) is 11.5 Å². The lowest BCUT2D eigenvalue weighted by atomic mass is 10.00. The molecule has 2 rings (SSSR count). The molecule has 0 heterocycles. The molecule has 0 aromatic heterocycles. The van der Waals surface area contributed by atoms with Crippen molar-refractivity contribution in [3.63, 3.8) is 0 Å². The van der Waals surface area contributed by atoms with Crippen LogP contribution >= 0.6 is 0 Å². The van der Waals surface area contributed by atoms with Gasteiger partial charge in [-0.1, -0.05) is 29.8 Å². The average molecular weight is 411 g/mol. The highest BCUT2D eigenvalue weighted by atomic mass is 19.4. The van der Waals surface area contributed by atoms with Crippen LogP contribution in [-0.2, 0) is 11.2 Å². The Morgan fingerprint density at radius 2 is 1.83 bits per heavy atom. The fourth-order valence-corrected chi connectivity index (χ4v) is 2.67. The molecule has 0 unspecified atom stereocenters. The molecule has 1 amide bonds. The SMILES string of the molecule is Cc1ccc(O[C@H](C)C(=O)NC[C@@H](CO)Cc2cccc(OC(F)(F)F)c2)cc1. The maximum atomic E-state index is 12.3. The van der Waals surface area contributed by atoms with E-state index in [9.17, 15) is 23.1 Å². The van der Waals surface area contributed by atoms with E-state index in [0.29, 0.717) is 11.3 Å². The van der Waals surface area contributed by atoms with E-state index < -0.39 is 12.5 Å². The number of rotatable bonds is 9. The van der Waals surface area contributed by atoms with Crippen LogP contribution in [0, 0.1) is 12.8 Å². The van der Waals surface area contributed by atoms with Crippen LogP contribution in [0.3, 0.4) is 0 Å². The Kier molecular flexibility index (Phi) is 7.90. The number of aryl methyl sites for hydroxylation is 1. The molecular formula is C21H24F3NO4. The lowest BCUT2D eigenvalue weighted by Crippen LogP contribution is -2.40. The molecule has 2 atom stereocenters. The highest BCUT2D eigenvalue weighted by molar-refractivity contribution is 5.80. The van der Waals surface area contributed by atoms with Crippen LogP contribution in [0.1, 0.15) is 18.1 Å². The average Bonchev–Trinajstić information content (AvgIpc) is 2.65. The van der Waals surface area contributed by atoms with E-state index in [1.165, 1.54) is 18.2 Å². The molecule has 29 heavy (non-hydrogen) atoms. The predicted octanol–water partition coefficient (Wildman–Crippen LogP) is 3.63. The zero-order chi connectivity index (χ0) is 21.4. The quantitative estimate of drug-likeness (QED) is 0.661. The van der Waals surface area contributed by atoms with Crippen LogP contribution in [0.15, 0.2) is 48.5 Å². The number of aliphatic hydroxyl groups excluding tert-OH is 1. The van der Waals surface area contributed by atoms with E-state index in [1.54, 1.807) is 25.1 Å². The number of ether oxygens (including phenoxy) is 2. The molecule has 0 bridgehead atoms. The number of carbonyl (C=O) groups excluding carboxylic acids is 1. The number of aliphatic hydroxyl groups is 1. The number of hydrogen-bond acceptors (Lipinski definition) is 4. The monoisotopic (exact) mass is 411 g/mol. The Bertz CT molecular complexity index is 793. The predicted molar refractivity (Wildman–Crippen MR) is 102 cm³/mol. The smallest absolute Gasteiger partial charge is 0.481 e. The van der Waals surface area contributed by atoms with Crippen LogP contribution < -0.4 is 14.8 Å². The van der Waals surface area contributed by atoms with Gasteiger partial charge in [0.1, 0.15) is 11.5 Å². The second-order valence-corrected chi connectivity index (χ2v) is 6.77. The minimum atomic E-state index is -4.77. The van der Waals surface area contributed by atoms with Gasteiger partial charge in [-0.3, -0.25) is 4.79 Å². The van der Waals surface area contributed by atoms with Gasteiger partial charge in [-0.05, 0) is 50.1 Å². The molecule has 0 radical (unpaired) electrons. The molecule has 2 aromatic carbocycles. The fraction of sp³-hybridized carbons (Fsp3) is 0.381. The van der Waals surface area contributed by atoms with E-state index in [2.05, 4.69) is 10.1 Å². The highest BCUT2D eigenvalue weighted by Crippen LogP contribution is 2.24. The third-order valence-electron chi connectivity index (χ3n) is 4.18. The maximum absolute atomic E-state index is 12.3. The second kappa shape index (κ2) is 10.2. The van der Waals surface area contributed by atoms with Crippen molar-refractivity contribution in [1.82, 2.24) is 5.32 Å². The first-order valence-electron chi connectivity index (χ1n) is 9.13. The molecule has 0 aliphatic heterocycles. The largest absolute Gasteiger partial charge is 0.573 e. The fourth-order valence-electron chi connectivity index (χ4n) is 2.67. The normalized spacial score (nSPS) is 13.4. The zero-order valence-corrected chi connectivity index (χ0v) is 16.2. The first-order valence-corrected chi connectivity index (χ1v) is 9.13. The molecule has 0 aliphatic rings. The van der Waals surface area contributed by atoms with Gasteiger partial charge in [0.05, 0.1) is 0 Å². The molecule has 0 saturated heterocycles. The standard InChI is InChI=1S/C21H24F3NO4/c1-14-6-8-18(9-7-14)28-15(2)20(27)25-12-17(13-26)10-16-4-3-5-19(11-16)29-21(22,23)24/h3-9,11,15,17,26H,10,12-13H2,1-2H3,(H,25,27)/t15-,17+/m1/s1. The first kappa shape index (κ1) is 22.5. The molecule has 158 valence electrons. The third-order valence-corrected chi connectivity index (χ3v) is 4.18. The molecule has 8 heteroatoms. The summed E-state index contributed by atoms with van der Waals surface area (Å²) in [5, 5.41) is 12.3. The Morgan fingerprint density at radius 3 is 2.45 bits per heavy atom. The summed E-state index contributed by atoms with van der Waals surface area (Å²) in [7, 11) is 0. The Labute approximate surface area is 167 Å². The van der Waals surface area contributed by atoms with E-state index in [-0.39, 0.29) is 37.1 Å². The van der Waals surface area contributed by atoms with Gasteiger partial charge in [-0.15, -0.1) is 13.2 Å². The minimum Gasteiger partial charge on any atom is -0.481 e. The van der Waals surface area contributed by atoms with Crippen LogP contribution in [0.25, 0.3) is 0 Å². The molecule has 5 nitrogen and oxygen atoms in total. The van der Waals surface area contributed by atoms with Crippen molar-refractivity contribution in [2.75, 3.05) is 13.2 Å². The number of halogens is 3. The molecular weight excluding hydrogens is 387 g/mol. The summed E-state index contributed by atoms with van der Waals surface area (Å²) in [6.45, 7) is 3.47. The topological polar surface area (TPSA) is 67.8 Å². The molecule has 0 aliphatic carbocycles. The summed E-state index contributed by atoms with van der Waals surface area (Å²) in [4.78, 5) is 12.2. The molecule has 0 fully saturated rings. The van der Waals surface area contributed by atoms with E-state index >= 15 is 0 Å². The lowest BCUT2D eigenvalue weighted by molar-refractivity contribution is -0.274. The van der Waals surface area contributed by atoms with Gasteiger partial charge in [0.25, 0.3) is 5.91 Å². The van der Waals surface area contributed by atoms with Crippen LogP contribution in [-0.4, -0.2) is 36.6 Å². The molecule has 0 spiro atoms. The summed E-state index contributed by atoms with van der Waals surface area (Å²) < 4.78 is 46.5. The van der Waals surface area contributed by atoms with E-state index in [0.717, 1.165) is 5.56 Å². The minimum absolute atomic E-state index is 0.154. The van der Waals surface area contributed by atoms with E-state index in [4.69, 9.17) is 4.74 Å². The molecule has 2 N–H and O–H groups in total. The van der Waals surface area contributed by atoms with Crippen LogP contribution in [0.5, 0.6) is 11.5 Å². The lowest BCUT2D eigenvalue weighted by Gasteiger charge is -2.19. The zero-order valence-electron chi connectivity index (χ0n) is 16.2. The Morgan fingerprint density at radius 1 is 1.14 bits per heavy atom. The van der Waals surface area contributed by atoms with Gasteiger partial charge < -0.3 is 19.9 Å². The second-order valence-electron chi connectivity index (χ2n) is 6.77. The maximum Gasteiger partial charge on any atom is 0.573 e. The number of alkyl halides is 3. The Hall–Kier alpha value is -2.74. The highest BCUT2D eigenvalue weighted by Gasteiger charge is 2.31. The number of carbonyl (C=O) groups is 1. The number of nitrogens with one attached hydrogen (secondary N) is 1. The van der Waals surface area contributed by atoms with Crippen molar-refractivity contribution < 1.29 is 32.5 Å². The van der Waals surface area contributed by atoms with Crippen molar-refractivity contribution in [3.05, 3.63) is 59.7 Å². The number of hydrogen-bond donors (Lipinski definition) is 2. The summed E-state index contributed by atoms with van der Waals surface area (Å²) >= 11 is 0. The molecule has 2 aromatic rings. The first-order chi connectivity index (χ1) is 13.7. The van der Waals surface area contributed by atoms with Gasteiger partial charge in [0.2, 0.25) is 0 Å². The van der Waals surface area contributed by atoms with Crippen molar-refractivity contribution in [2.24, 2.45) is 5.92 Å². The summed E-state index contributed by atoms with van der Waals surface area (Å²) in [5.74, 6) is -0.473. The van der Waals surface area contributed by atoms with Gasteiger partial charge >= 0.3 is 6.36 Å². The summed E-state index contributed by atoms with van der Waals surface area (Å²) in [5.41, 5.74) is 1.63. The summed E-state index contributed by atoms with van der Waals surface area (Å²) in [6.07, 6.45) is -5.23. The van der Waals surface area contributed by atoms with Gasteiger partial charge in [-0.2, -0.15) is 0 Å². The number of amides is 1. The van der Waals surface area contributed by atoms with E-state index in [1.807, 2.05) is 19.1 Å². The third kappa shape index (κ3) is 8.03. The Balaban J connectivity index is 1.87. The van der Waals surface area contributed by atoms with Crippen LogP contribution in [0.4, 0.5) is 13.2 Å². The molecule has 0 saturated carbocycles. The van der Waals surface area contributed by atoms with Gasteiger partial charge in [0.15, 0.2) is 6.10 Å². The van der Waals surface area contributed by atoms with Gasteiger partial charge in [-0.25, -0.2) is 0 Å². The van der Waals surface area contributed by atoms with Crippen molar-refractivity contribution in [2.45, 2.75) is 32.7 Å². The van der Waals surface area contributed by atoms with Gasteiger partial charge in [0, 0.05) is 19.1 Å². The van der Waals surface area contributed by atoms with Crippen molar-refractivity contribution >= 4 is 5.91 Å². The van der Waals surface area contributed by atoms with Crippen molar-refractivity contribution in [1.29, 1.82) is 0 Å². The van der Waals surface area contributed by atoms with Crippen LogP contribution in [0.2, 0.25) is 0 Å².